The number of hydrogen-bond acceptors (Lipinski definition) is 2. The van der Waals surface area contributed by atoms with E-state index in [-0.39, 0.29) is 0 Å². The Morgan fingerprint density at radius 3 is 1.27 bits per heavy atom. The van der Waals surface area contributed by atoms with Crippen LogP contribution in [0, 0.1) is 0 Å². The van der Waals surface area contributed by atoms with Crippen LogP contribution in [0.25, 0.3) is 88.8 Å². The van der Waals surface area contributed by atoms with Crippen LogP contribution in [0.1, 0.15) is 0 Å². The van der Waals surface area contributed by atoms with Crippen molar-refractivity contribution in [2.24, 2.45) is 0 Å². The van der Waals surface area contributed by atoms with Crippen molar-refractivity contribution in [1.82, 2.24) is 9.97 Å². The first-order chi connectivity index (χ1) is 25.2. The van der Waals surface area contributed by atoms with Gasteiger partial charge in [-0.1, -0.05) is 192 Å². The highest BCUT2D eigenvalue weighted by atomic mass is 79.9. The highest BCUT2D eigenvalue weighted by molar-refractivity contribution is 9.10. The topological polar surface area (TPSA) is 25.8 Å². The van der Waals surface area contributed by atoms with Crippen LogP contribution in [-0.2, 0) is 0 Å². The standard InChI is InChI=1S/C48H31BrN2/c49-45-30-29-43(41-17-9-10-18-44(41)45)42-28-27-38(39-15-7-8-16-40(39)42)34-21-25-36(26-22-34)47-31-46(50-48(51-47)37-13-5-2-6-14-37)35-23-19-33(20-24-35)32-11-3-1-4-12-32/h1-31H. The lowest BCUT2D eigenvalue weighted by Gasteiger charge is -2.15. The van der Waals surface area contributed by atoms with Crippen molar-refractivity contribution in [2.75, 3.05) is 0 Å². The third kappa shape index (κ3) is 5.92. The van der Waals surface area contributed by atoms with Gasteiger partial charge in [-0.05, 0) is 67.1 Å². The predicted molar refractivity (Wildman–Crippen MR) is 217 cm³/mol. The van der Waals surface area contributed by atoms with E-state index in [4.69, 9.17) is 9.97 Å². The molecule has 1 heterocycles. The first-order valence-electron chi connectivity index (χ1n) is 17.1. The number of hydrogen-bond donors (Lipinski definition) is 0. The molecule has 1 aromatic heterocycles. The Kier molecular flexibility index (Phi) is 8.04. The minimum Gasteiger partial charge on any atom is -0.228 e. The van der Waals surface area contributed by atoms with E-state index in [2.05, 4.69) is 180 Å². The van der Waals surface area contributed by atoms with Crippen LogP contribution in [0.4, 0.5) is 0 Å². The van der Waals surface area contributed by atoms with Gasteiger partial charge in [-0.2, -0.15) is 0 Å². The SMILES string of the molecule is Brc1ccc(-c2ccc(-c3ccc(-c4cc(-c5ccc(-c6ccccc6)cc5)nc(-c5ccccc5)n4)cc3)c3ccccc23)c2ccccc12. The van der Waals surface area contributed by atoms with Gasteiger partial charge in [-0.3, -0.25) is 0 Å². The molecule has 8 aromatic carbocycles. The monoisotopic (exact) mass is 714 g/mol. The van der Waals surface area contributed by atoms with Gasteiger partial charge in [0.05, 0.1) is 11.4 Å². The Morgan fingerprint density at radius 2 is 0.686 bits per heavy atom. The number of nitrogens with zero attached hydrogens (tertiary/aromatic N) is 2. The maximum atomic E-state index is 5.08. The fraction of sp³-hybridized carbons (Fsp3) is 0. The molecule has 0 saturated heterocycles. The van der Waals surface area contributed by atoms with Gasteiger partial charge >= 0.3 is 0 Å². The van der Waals surface area contributed by atoms with E-state index < -0.39 is 0 Å². The van der Waals surface area contributed by atoms with Gasteiger partial charge in [0.25, 0.3) is 0 Å². The predicted octanol–water partition coefficient (Wildman–Crippen LogP) is 13.5. The summed E-state index contributed by atoms with van der Waals surface area (Å²) in [6.07, 6.45) is 0. The van der Waals surface area contributed by atoms with E-state index in [1.807, 2.05) is 24.3 Å². The van der Waals surface area contributed by atoms with Crippen LogP contribution in [0.5, 0.6) is 0 Å². The average molecular weight is 716 g/mol. The molecule has 0 radical (unpaired) electrons. The molecular formula is C48H31BrN2. The van der Waals surface area contributed by atoms with E-state index in [1.54, 1.807) is 0 Å². The third-order valence-corrected chi connectivity index (χ3v) is 10.3. The maximum Gasteiger partial charge on any atom is 0.160 e. The molecule has 0 atom stereocenters. The summed E-state index contributed by atoms with van der Waals surface area (Å²) >= 11 is 3.75. The molecule has 0 amide bonds. The summed E-state index contributed by atoms with van der Waals surface area (Å²) in [7, 11) is 0. The van der Waals surface area contributed by atoms with Crippen LogP contribution >= 0.6 is 15.9 Å². The van der Waals surface area contributed by atoms with Crippen molar-refractivity contribution in [1.29, 1.82) is 0 Å². The fourth-order valence-corrected chi connectivity index (χ4v) is 7.50. The van der Waals surface area contributed by atoms with Crippen LogP contribution in [0.2, 0.25) is 0 Å². The normalized spacial score (nSPS) is 11.2. The molecule has 2 nitrogen and oxygen atoms in total. The van der Waals surface area contributed by atoms with E-state index in [0.717, 1.165) is 38.1 Å². The number of halogens is 1. The van der Waals surface area contributed by atoms with Crippen LogP contribution in [0.3, 0.4) is 0 Å². The lowest BCUT2D eigenvalue weighted by atomic mass is 9.90. The number of fused-ring (bicyclic) bond motifs is 2. The molecule has 0 bridgehead atoms. The highest BCUT2D eigenvalue weighted by Gasteiger charge is 2.15. The zero-order valence-corrected chi connectivity index (χ0v) is 29.3. The smallest absolute Gasteiger partial charge is 0.160 e. The van der Waals surface area contributed by atoms with Crippen molar-refractivity contribution in [2.45, 2.75) is 0 Å². The van der Waals surface area contributed by atoms with Crippen LogP contribution in [0.15, 0.2) is 193 Å². The number of aromatic nitrogens is 2. The quantitative estimate of drug-likeness (QED) is 0.171. The molecule has 0 aliphatic heterocycles. The Bertz CT molecular complexity index is 2670. The Hall–Kier alpha value is -6.16. The zero-order valence-electron chi connectivity index (χ0n) is 27.7. The summed E-state index contributed by atoms with van der Waals surface area (Å²) in [4.78, 5) is 10.1. The summed E-state index contributed by atoms with van der Waals surface area (Å²) < 4.78 is 1.11. The second-order valence-corrected chi connectivity index (χ2v) is 13.5. The van der Waals surface area contributed by atoms with Crippen molar-refractivity contribution in [3.8, 4) is 67.3 Å². The average Bonchev–Trinajstić information content (AvgIpc) is 3.21. The molecule has 0 N–H and O–H groups in total. The molecule has 0 saturated carbocycles. The van der Waals surface area contributed by atoms with Crippen molar-refractivity contribution >= 4 is 37.5 Å². The molecule has 9 rings (SSSR count). The van der Waals surface area contributed by atoms with E-state index in [9.17, 15) is 0 Å². The van der Waals surface area contributed by atoms with Crippen molar-refractivity contribution in [3.05, 3.63) is 193 Å². The zero-order chi connectivity index (χ0) is 34.1. The largest absolute Gasteiger partial charge is 0.228 e. The molecule has 0 fully saturated rings. The van der Waals surface area contributed by atoms with Gasteiger partial charge < -0.3 is 0 Å². The summed E-state index contributed by atoms with van der Waals surface area (Å²) in [5.74, 6) is 0.710. The Labute approximate surface area is 305 Å². The first kappa shape index (κ1) is 30.9. The van der Waals surface area contributed by atoms with Crippen LogP contribution < -0.4 is 0 Å². The van der Waals surface area contributed by atoms with Gasteiger partial charge in [0.15, 0.2) is 5.82 Å². The van der Waals surface area contributed by atoms with Crippen molar-refractivity contribution in [3.63, 3.8) is 0 Å². The van der Waals surface area contributed by atoms with Gasteiger partial charge in [0, 0.05) is 21.2 Å². The van der Waals surface area contributed by atoms with Crippen molar-refractivity contribution < 1.29 is 0 Å². The molecule has 0 aliphatic carbocycles. The second-order valence-electron chi connectivity index (χ2n) is 12.7. The lowest BCUT2D eigenvalue weighted by molar-refractivity contribution is 1.18. The maximum absolute atomic E-state index is 5.08. The molecule has 0 unspecified atom stereocenters. The lowest BCUT2D eigenvalue weighted by Crippen LogP contribution is -1.96. The summed E-state index contributed by atoms with van der Waals surface area (Å²) in [6, 6.07) is 66.4. The minimum atomic E-state index is 0.710. The van der Waals surface area contributed by atoms with Gasteiger partial charge in [0.2, 0.25) is 0 Å². The third-order valence-electron chi connectivity index (χ3n) is 9.62. The highest BCUT2D eigenvalue weighted by Crippen LogP contribution is 2.40. The van der Waals surface area contributed by atoms with Crippen LogP contribution in [-0.4, -0.2) is 9.97 Å². The van der Waals surface area contributed by atoms with E-state index in [1.165, 1.54) is 49.4 Å². The molecule has 51 heavy (non-hydrogen) atoms. The molecule has 0 aliphatic rings. The second kappa shape index (κ2) is 13.3. The minimum absolute atomic E-state index is 0.710. The molecule has 0 spiro atoms. The van der Waals surface area contributed by atoms with Gasteiger partial charge in [-0.15, -0.1) is 0 Å². The summed E-state index contributed by atoms with van der Waals surface area (Å²) in [5, 5.41) is 4.91. The number of benzene rings is 8. The molecule has 3 heteroatoms. The van der Waals surface area contributed by atoms with E-state index in [0.29, 0.717) is 5.82 Å². The van der Waals surface area contributed by atoms with E-state index >= 15 is 0 Å². The van der Waals surface area contributed by atoms with Gasteiger partial charge in [0.1, 0.15) is 0 Å². The molecular weight excluding hydrogens is 684 g/mol. The Morgan fingerprint density at radius 1 is 0.294 bits per heavy atom. The number of rotatable bonds is 6. The fourth-order valence-electron chi connectivity index (χ4n) is 7.03. The summed E-state index contributed by atoms with van der Waals surface area (Å²) in [6.45, 7) is 0. The summed E-state index contributed by atoms with van der Waals surface area (Å²) in [5.41, 5.74) is 12.1. The Balaban J connectivity index is 1.11. The molecule has 240 valence electrons. The van der Waals surface area contributed by atoms with Gasteiger partial charge in [-0.25, -0.2) is 9.97 Å². The molecule has 9 aromatic rings. The first-order valence-corrected chi connectivity index (χ1v) is 17.9.